The predicted molar refractivity (Wildman–Crippen MR) is 61.4 cm³/mol. The van der Waals surface area contributed by atoms with Crippen LogP contribution < -0.4 is 5.32 Å². The zero-order valence-electron chi connectivity index (χ0n) is 8.98. The summed E-state index contributed by atoms with van der Waals surface area (Å²) in [5, 5.41) is 11.3. The van der Waals surface area contributed by atoms with Crippen LogP contribution in [0.2, 0.25) is 0 Å². The van der Waals surface area contributed by atoms with E-state index in [1.807, 2.05) is 6.92 Å². The summed E-state index contributed by atoms with van der Waals surface area (Å²) in [6, 6.07) is 2.86. The van der Waals surface area contributed by atoms with Gasteiger partial charge in [-0.2, -0.15) is 4.39 Å². The second-order valence-corrected chi connectivity index (χ2v) is 4.21. The molecule has 2 aromatic heterocycles. The number of hydrogen-bond acceptors (Lipinski definition) is 5. The fourth-order valence-corrected chi connectivity index (χ4v) is 1.84. The van der Waals surface area contributed by atoms with E-state index in [2.05, 4.69) is 20.5 Å². The molecule has 2 aromatic rings. The first-order valence-corrected chi connectivity index (χ1v) is 5.76. The van der Waals surface area contributed by atoms with Crippen LogP contribution in [0.4, 0.5) is 9.52 Å². The molecule has 88 valence electrons. The van der Waals surface area contributed by atoms with Crippen molar-refractivity contribution < 1.29 is 9.18 Å². The number of carbonyl (C=O) groups excluding carboxylic acids is 1. The highest BCUT2D eigenvalue weighted by atomic mass is 32.1. The lowest BCUT2D eigenvalue weighted by Crippen LogP contribution is -2.14. The molecule has 0 aliphatic carbocycles. The van der Waals surface area contributed by atoms with Crippen LogP contribution in [-0.4, -0.2) is 21.1 Å². The minimum Gasteiger partial charge on any atom is -0.296 e. The molecule has 0 aromatic carbocycles. The summed E-state index contributed by atoms with van der Waals surface area (Å²) in [5.74, 6) is -1.38. The van der Waals surface area contributed by atoms with Gasteiger partial charge in [0.15, 0.2) is 0 Å². The van der Waals surface area contributed by atoms with Crippen LogP contribution in [0.15, 0.2) is 18.3 Å². The van der Waals surface area contributed by atoms with Crippen molar-refractivity contribution in [1.29, 1.82) is 0 Å². The lowest BCUT2D eigenvalue weighted by atomic mass is 10.2. The van der Waals surface area contributed by atoms with E-state index in [0.717, 1.165) is 11.4 Å². The zero-order valence-corrected chi connectivity index (χ0v) is 9.79. The summed E-state index contributed by atoms with van der Waals surface area (Å²) in [4.78, 5) is 15.1. The maximum absolute atomic E-state index is 13.2. The van der Waals surface area contributed by atoms with E-state index in [1.54, 1.807) is 0 Å². The number of hydrogen-bond donors (Lipinski definition) is 1. The average Bonchev–Trinajstić information content (AvgIpc) is 2.77. The highest BCUT2D eigenvalue weighted by Crippen LogP contribution is 2.16. The van der Waals surface area contributed by atoms with Crippen molar-refractivity contribution in [2.75, 3.05) is 5.32 Å². The number of pyridine rings is 1. The van der Waals surface area contributed by atoms with Crippen LogP contribution in [-0.2, 0) is 6.42 Å². The van der Waals surface area contributed by atoms with Crippen molar-refractivity contribution in [3.63, 3.8) is 0 Å². The first-order chi connectivity index (χ1) is 8.20. The number of nitrogens with one attached hydrogen (secondary N) is 1. The highest BCUT2D eigenvalue weighted by molar-refractivity contribution is 7.15. The molecule has 0 spiro atoms. The van der Waals surface area contributed by atoms with Gasteiger partial charge in [-0.25, -0.2) is 4.98 Å². The molecule has 0 unspecified atom stereocenters. The highest BCUT2D eigenvalue weighted by Gasteiger charge is 2.14. The monoisotopic (exact) mass is 252 g/mol. The minimum atomic E-state index is -0.801. The first-order valence-electron chi connectivity index (χ1n) is 4.95. The molecule has 1 amide bonds. The van der Waals surface area contributed by atoms with Gasteiger partial charge in [0, 0.05) is 6.20 Å². The van der Waals surface area contributed by atoms with Gasteiger partial charge in [-0.1, -0.05) is 18.3 Å². The van der Waals surface area contributed by atoms with E-state index in [4.69, 9.17) is 0 Å². The van der Waals surface area contributed by atoms with Gasteiger partial charge in [0.2, 0.25) is 11.1 Å². The maximum Gasteiger partial charge on any atom is 0.262 e. The number of rotatable bonds is 3. The Morgan fingerprint density at radius 1 is 1.53 bits per heavy atom. The van der Waals surface area contributed by atoms with Crippen LogP contribution in [0, 0.1) is 5.95 Å². The fourth-order valence-electron chi connectivity index (χ4n) is 1.17. The summed E-state index contributed by atoms with van der Waals surface area (Å²) in [6.45, 7) is 1.94. The van der Waals surface area contributed by atoms with E-state index in [1.165, 1.54) is 29.7 Å². The van der Waals surface area contributed by atoms with E-state index in [-0.39, 0.29) is 5.56 Å². The summed E-state index contributed by atoms with van der Waals surface area (Å²) < 4.78 is 13.2. The lowest BCUT2D eigenvalue weighted by molar-refractivity contribution is 0.102. The number of anilines is 1. The Kier molecular flexibility index (Phi) is 3.38. The Hall–Kier alpha value is -1.89. The van der Waals surface area contributed by atoms with Crippen molar-refractivity contribution in [1.82, 2.24) is 15.2 Å². The van der Waals surface area contributed by atoms with Gasteiger partial charge >= 0.3 is 0 Å². The molecule has 0 atom stereocenters. The van der Waals surface area contributed by atoms with Gasteiger partial charge in [0.25, 0.3) is 5.91 Å². The molecule has 5 nitrogen and oxygen atoms in total. The van der Waals surface area contributed by atoms with E-state index in [9.17, 15) is 9.18 Å². The van der Waals surface area contributed by atoms with Crippen molar-refractivity contribution in [2.24, 2.45) is 0 Å². The number of aryl methyl sites for hydroxylation is 1. The molecule has 0 fully saturated rings. The molecule has 0 saturated carbocycles. The third-order valence-electron chi connectivity index (χ3n) is 1.99. The smallest absolute Gasteiger partial charge is 0.262 e. The van der Waals surface area contributed by atoms with Crippen LogP contribution in [0.25, 0.3) is 0 Å². The fraction of sp³-hybridized carbons (Fsp3) is 0.200. The largest absolute Gasteiger partial charge is 0.296 e. The SMILES string of the molecule is CCc1nnc(NC(=O)c2cccnc2F)s1. The standard InChI is InChI=1S/C10H9FN4OS/c1-2-7-14-15-10(17-7)13-9(16)6-4-3-5-12-8(6)11/h3-5H,2H2,1H3,(H,13,15,16). The molecule has 0 radical (unpaired) electrons. The molecule has 7 heteroatoms. The molecule has 0 bridgehead atoms. The van der Waals surface area contributed by atoms with Crippen LogP contribution in [0.3, 0.4) is 0 Å². The first kappa shape index (κ1) is 11.6. The topological polar surface area (TPSA) is 67.8 Å². The van der Waals surface area contributed by atoms with Crippen molar-refractivity contribution in [3.05, 3.63) is 34.8 Å². The van der Waals surface area contributed by atoms with Crippen molar-refractivity contribution >= 4 is 22.4 Å². The third kappa shape index (κ3) is 2.62. The molecule has 1 N–H and O–H groups in total. The van der Waals surface area contributed by atoms with Crippen LogP contribution in [0.5, 0.6) is 0 Å². The van der Waals surface area contributed by atoms with E-state index in [0.29, 0.717) is 5.13 Å². The van der Waals surface area contributed by atoms with E-state index >= 15 is 0 Å². The molecule has 2 rings (SSSR count). The predicted octanol–water partition coefficient (Wildman–Crippen LogP) is 1.89. The minimum absolute atomic E-state index is 0.110. The Labute approximate surface area is 101 Å². The van der Waals surface area contributed by atoms with Crippen LogP contribution in [0.1, 0.15) is 22.3 Å². The number of halogens is 1. The zero-order chi connectivity index (χ0) is 12.3. The van der Waals surface area contributed by atoms with Gasteiger partial charge in [-0.05, 0) is 18.6 Å². The molecule has 2 heterocycles. The Balaban J connectivity index is 2.14. The van der Waals surface area contributed by atoms with Crippen LogP contribution >= 0.6 is 11.3 Å². The molecule has 17 heavy (non-hydrogen) atoms. The number of nitrogens with zero attached hydrogens (tertiary/aromatic N) is 3. The normalized spacial score (nSPS) is 10.2. The van der Waals surface area contributed by atoms with E-state index < -0.39 is 11.9 Å². The summed E-state index contributed by atoms with van der Waals surface area (Å²) in [5.41, 5.74) is -0.110. The Morgan fingerprint density at radius 3 is 3.00 bits per heavy atom. The number of carbonyl (C=O) groups is 1. The maximum atomic E-state index is 13.2. The molecule has 0 saturated heterocycles. The van der Waals surface area contributed by atoms with Gasteiger partial charge in [0.1, 0.15) is 5.01 Å². The van der Waals surface area contributed by atoms with Crippen molar-refractivity contribution in [2.45, 2.75) is 13.3 Å². The van der Waals surface area contributed by atoms with Gasteiger partial charge in [0.05, 0.1) is 5.56 Å². The quantitative estimate of drug-likeness (QED) is 0.847. The Bertz CT molecular complexity index is 543. The Morgan fingerprint density at radius 2 is 2.35 bits per heavy atom. The van der Waals surface area contributed by atoms with Gasteiger partial charge < -0.3 is 0 Å². The summed E-state index contributed by atoms with van der Waals surface area (Å²) >= 11 is 1.26. The molecular formula is C10H9FN4OS. The number of amides is 1. The second-order valence-electron chi connectivity index (χ2n) is 3.15. The molecular weight excluding hydrogens is 243 g/mol. The molecule has 0 aliphatic heterocycles. The third-order valence-corrected chi connectivity index (χ3v) is 2.98. The van der Waals surface area contributed by atoms with Gasteiger partial charge in [-0.15, -0.1) is 10.2 Å². The average molecular weight is 252 g/mol. The molecule has 0 aliphatic rings. The lowest BCUT2D eigenvalue weighted by Gasteiger charge is -2.00. The summed E-state index contributed by atoms with van der Waals surface area (Å²) in [6.07, 6.45) is 2.03. The van der Waals surface area contributed by atoms with Gasteiger partial charge in [-0.3, -0.25) is 10.1 Å². The number of aromatic nitrogens is 3. The van der Waals surface area contributed by atoms with Crippen molar-refractivity contribution in [3.8, 4) is 0 Å². The second kappa shape index (κ2) is 4.96. The summed E-state index contributed by atoms with van der Waals surface area (Å²) in [7, 11) is 0.